The lowest BCUT2D eigenvalue weighted by Gasteiger charge is -2.20. The summed E-state index contributed by atoms with van der Waals surface area (Å²) in [6.45, 7) is 0. The monoisotopic (exact) mass is 296 g/mol. The minimum absolute atomic E-state index is 0.298. The van der Waals surface area contributed by atoms with Crippen molar-refractivity contribution >= 4 is 17.5 Å². The van der Waals surface area contributed by atoms with Crippen LogP contribution in [0.25, 0.3) is 11.1 Å². The summed E-state index contributed by atoms with van der Waals surface area (Å²) >= 11 is 2.01. The van der Waals surface area contributed by atoms with Gasteiger partial charge in [0.2, 0.25) is 0 Å². The van der Waals surface area contributed by atoms with E-state index < -0.39 is 0 Å². The molecule has 1 aliphatic heterocycles. The van der Waals surface area contributed by atoms with Gasteiger partial charge in [-0.3, -0.25) is 4.79 Å². The molecule has 0 unspecified atom stereocenters. The molecule has 2 aromatic carbocycles. The van der Waals surface area contributed by atoms with E-state index in [4.69, 9.17) is 0 Å². The van der Waals surface area contributed by atoms with Crippen LogP contribution in [0.15, 0.2) is 54.6 Å². The zero-order chi connectivity index (χ0) is 14.5. The van der Waals surface area contributed by atoms with Crippen molar-refractivity contribution in [2.75, 3.05) is 11.5 Å². The topological polar surface area (TPSA) is 17.1 Å². The molecule has 1 aliphatic rings. The molecule has 3 rings (SSSR count). The summed E-state index contributed by atoms with van der Waals surface area (Å²) in [7, 11) is 0. The van der Waals surface area contributed by atoms with Crippen molar-refractivity contribution in [3.8, 4) is 11.1 Å². The number of ketones is 1. The molecule has 0 aromatic heterocycles. The Labute approximate surface area is 130 Å². The Morgan fingerprint density at radius 2 is 1.52 bits per heavy atom. The van der Waals surface area contributed by atoms with Gasteiger partial charge in [-0.1, -0.05) is 54.6 Å². The number of rotatable bonds is 4. The molecule has 1 nitrogen and oxygen atoms in total. The number of hydrogen-bond acceptors (Lipinski definition) is 2. The van der Waals surface area contributed by atoms with Gasteiger partial charge in [0, 0.05) is 12.0 Å². The predicted molar refractivity (Wildman–Crippen MR) is 90.9 cm³/mol. The van der Waals surface area contributed by atoms with Crippen molar-refractivity contribution in [2.24, 2.45) is 5.92 Å². The lowest BCUT2D eigenvalue weighted by molar-refractivity contribution is 0.0958. The maximum absolute atomic E-state index is 12.4. The SMILES string of the molecule is O=C(CC1CCSCC1)c1ccc(-c2ccccc2)cc1. The quantitative estimate of drug-likeness (QED) is 0.733. The number of benzene rings is 2. The summed E-state index contributed by atoms with van der Waals surface area (Å²) in [5.74, 6) is 3.31. The Kier molecular flexibility index (Phi) is 4.76. The van der Waals surface area contributed by atoms with Crippen LogP contribution in [0.4, 0.5) is 0 Å². The first-order chi connectivity index (χ1) is 10.3. The van der Waals surface area contributed by atoms with E-state index in [9.17, 15) is 4.79 Å². The minimum Gasteiger partial charge on any atom is -0.294 e. The molecule has 2 heteroatoms. The third kappa shape index (κ3) is 3.76. The summed E-state index contributed by atoms with van der Waals surface area (Å²) in [6.07, 6.45) is 3.10. The van der Waals surface area contributed by atoms with E-state index in [1.807, 2.05) is 42.1 Å². The van der Waals surface area contributed by atoms with Gasteiger partial charge < -0.3 is 0 Å². The molecule has 0 spiro atoms. The molecule has 0 aliphatic carbocycles. The van der Waals surface area contributed by atoms with Gasteiger partial charge in [0.15, 0.2) is 5.78 Å². The molecule has 21 heavy (non-hydrogen) atoms. The molecule has 108 valence electrons. The number of hydrogen-bond donors (Lipinski definition) is 0. The second kappa shape index (κ2) is 6.95. The van der Waals surface area contributed by atoms with Crippen LogP contribution in [0.1, 0.15) is 29.6 Å². The zero-order valence-corrected chi connectivity index (χ0v) is 12.9. The summed E-state index contributed by atoms with van der Waals surface area (Å²) in [5.41, 5.74) is 3.22. The number of carbonyl (C=O) groups excluding carboxylic acids is 1. The third-order valence-corrected chi connectivity index (χ3v) is 5.18. The van der Waals surface area contributed by atoms with Crippen LogP contribution >= 0.6 is 11.8 Å². The molecule has 0 amide bonds. The number of thioether (sulfide) groups is 1. The molecule has 2 aromatic rings. The van der Waals surface area contributed by atoms with Crippen LogP contribution in [0.5, 0.6) is 0 Å². The van der Waals surface area contributed by atoms with Gasteiger partial charge in [-0.25, -0.2) is 0 Å². The van der Waals surface area contributed by atoms with Gasteiger partial charge in [-0.15, -0.1) is 0 Å². The van der Waals surface area contributed by atoms with E-state index in [1.54, 1.807) is 0 Å². The number of carbonyl (C=O) groups is 1. The van der Waals surface area contributed by atoms with E-state index in [2.05, 4.69) is 24.3 Å². The Bertz CT molecular complexity index is 583. The van der Waals surface area contributed by atoms with E-state index >= 15 is 0 Å². The Morgan fingerprint density at radius 1 is 0.905 bits per heavy atom. The highest BCUT2D eigenvalue weighted by atomic mass is 32.2. The normalized spacial score (nSPS) is 15.8. The van der Waals surface area contributed by atoms with E-state index in [0.717, 1.165) is 5.56 Å². The standard InChI is InChI=1S/C19H20OS/c20-19(14-15-10-12-21-13-11-15)18-8-6-17(7-9-18)16-4-2-1-3-5-16/h1-9,15H,10-14H2. The van der Waals surface area contributed by atoms with E-state index in [-0.39, 0.29) is 0 Å². The average Bonchev–Trinajstić information content (AvgIpc) is 2.57. The first-order valence-corrected chi connectivity index (χ1v) is 8.75. The van der Waals surface area contributed by atoms with Crippen molar-refractivity contribution < 1.29 is 4.79 Å². The Morgan fingerprint density at radius 3 is 2.19 bits per heavy atom. The largest absolute Gasteiger partial charge is 0.294 e. The lowest BCUT2D eigenvalue weighted by Crippen LogP contribution is -2.14. The van der Waals surface area contributed by atoms with Crippen molar-refractivity contribution in [1.29, 1.82) is 0 Å². The fourth-order valence-corrected chi connectivity index (χ4v) is 4.01. The first kappa shape index (κ1) is 14.4. The Hall–Kier alpha value is -1.54. The average molecular weight is 296 g/mol. The van der Waals surface area contributed by atoms with Crippen LogP contribution in [0.3, 0.4) is 0 Å². The first-order valence-electron chi connectivity index (χ1n) is 7.59. The second-order valence-electron chi connectivity index (χ2n) is 5.63. The molecule has 0 N–H and O–H groups in total. The summed E-state index contributed by atoms with van der Waals surface area (Å²) in [4.78, 5) is 12.4. The van der Waals surface area contributed by atoms with Gasteiger partial charge >= 0.3 is 0 Å². The fourth-order valence-electron chi connectivity index (χ4n) is 2.81. The van der Waals surface area contributed by atoms with Gasteiger partial charge in [0.1, 0.15) is 0 Å². The summed E-state index contributed by atoms with van der Waals surface area (Å²) in [5, 5.41) is 0. The molecule has 1 saturated heterocycles. The summed E-state index contributed by atoms with van der Waals surface area (Å²) < 4.78 is 0. The van der Waals surface area contributed by atoms with Gasteiger partial charge in [-0.2, -0.15) is 11.8 Å². The predicted octanol–water partition coefficient (Wildman–Crippen LogP) is 5.07. The third-order valence-electron chi connectivity index (χ3n) is 4.13. The van der Waals surface area contributed by atoms with Crippen molar-refractivity contribution in [3.05, 3.63) is 60.2 Å². The van der Waals surface area contributed by atoms with Crippen molar-refractivity contribution in [3.63, 3.8) is 0 Å². The van der Waals surface area contributed by atoms with Gasteiger partial charge in [0.25, 0.3) is 0 Å². The molecular weight excluding hydrogens is 276 g/mol. The van der Waals surface area contributed by atoms with Crippen LogP contribution in [0, 0.1) is 5.92 Å². The van der Waals surface area contributed by atoms with Crippen molar-refractivity contribution in [2.45, 2.75) is 19.3 Å². The van der Waals surface area contributed by atoms with Gasteiger partial charge in [0.05, 0.1) is 0 Å². The Balaban J connectivity index is 1.67. The second-order valence-corrected chi connectivity index (χ2v) is 6.85. The molecule has 0 saturated carbocycles. The molecule has 1 fully saturated rings. The maximum Gasteiger partial charge on any atom is 0.163 e. The van der Waals surface area contributed by atoms with E-state index in [0.29, 0.717) is 18.1 Å². The van der Waals surface area contributed by atoms with E-state index in [1.165, 1.54) is 35.5 Å². The zero-order valence-electron chi connectivity index (χ0n) is 12.1. The molecule has 0 radical (unpaired) electrons. The molecular formula is C19H20OS. The highest BCUT2D eigenvalue weighted by molar-refractivity contribution is 7.99. The summed E-state index contributed by atoms with van der Waals surface area (Å²) in [6, 6.07) is 18.3. The van der Waals surface area contributed by atoms with Crippen LogP contribution in [0.2, 0.25) is 0 Å². The maximum atomic E-state index is 12.4. The smallest absolute Gasteiger partial charge is 0.163 e. The van der Waals surface area contributed by atoms with Gasteiger partial charge in [-0.05, 0) is 41.4 Å². The fraction of sp³-hybridized carbons (Fsp3) is 0.316. The molecule has 0 bridgehead atoms. The lowest BCUT2D eigenvalue weighted by atomic mass is 9.93. The van der Waals surface area contributed by atoms with Crippen LogP contribution in [-0.2, 0) is 0 Å². The van der Waals surface area contributed by atoms with Crippen LogP contribution in [-0.4, -0.2) is 17.3 Å². The van der Waals surface area contributed by atoms with Crippen molar-refractivity contribution in [1.82, 2.24) is 0 Å². The molecule has 1 heterocycles. The highest BCUT2D eigenvalue weighted by Gasteiger charge is 2.18. The van der Waals surface area contributed by atoms with Crippen LogP contribution < -0.4 is 0 Å². The highest BCUT2D eigenvalue weighted by Crippen LogP contribution is 2.27. The minimum atomic E-state index is 0.298. The number of Topliss-reactive ketones (excluding diaryl/α,β-unsaturated/α-hetero) is 1. The molecule has 0 atom stereocenters.